The summed E-state index contributed by atoms with van der Waals surface area (Å²) in [7, 11) is 2.09. The molecule has 1 N–H and O–H groups in total. The zero-order valence-corrected chi connectivity index (χ0v) is 12.9. The van der Waals surface area contributed by atoms with Crippen LogP contribution in [0.2, 0.25) is 0 Å². The number of non-ortho nitro benzene ring substituents is 1. The number of benzene rings is 1. The summed E-state index contributed by atoms with van der Waals surface area (Å²) in [4.78, 5) is 12.5. The predicted octanol–water partition coefficient (Wildman–Crippen LogP) is 1.78. The van der Waals surface area contributed by atoms with Crippen molar-refractivity contribution in [3.05, 3.63) is 38.3 Å². The Morgan fingerprint density at radius 1 is 1.60 bits per heavy atom. The fourth-order valence-corrected chi connectivity index (χ4v) is 2.66. The largest absolute Gasteiger partial charge is 0.374 e. The van der Waals surface area contributed by atoms with Gasteiger partial charge in [-0.05, 0) is 18.7 Å². The second kappa shape index (κ2) is 7.12. The standard InChI is InChI=1S/C13H18BrN3O3/c1-16-4-5-20-12(9-16)8-15-7-10-2-3-11(17(18)19)6-13(10)14/h2-3,6,12,15H,4-5,7-9H2,1H3. The Hall–Kier alpha value is -1.02. The number of hydrogen-bond donors (Lipinski definition) is 1. The molecular weight excluding hydrogens is 326 g/mol. The average molecular weight is 344 g/mol. The molecule has 110 valence electrons. The molecule has 1 aromatic carbocycles. The van der Waals surface area contributed by atoms with Gasteiger partial charge in [-0.25, -0.2) is 0 Å². The molecule has 20 heavy (non-hydrogen) atoms. The van der Waals surface area contributed by atoms with E-state index in [0.717, 1.165) is 36.3 Å². The fourth-order valence-electron chi connectivity index (χ4n) is 2.15. The number of rotatable bonds is 5. The average Bonchev–Trinajstić information content (AvgIpc) is 2.40. The molecule has 1 aliphatic rings. The topological polar surface area (TPSA) is 67.6 Å². The minimum absolute atomic E-state index is 0.0952. The van der Waals surface area contributed by atoms with Gasteiger partial charge in [0.2, 0.25) is 0 Å². The Kier molecular flexibility index (Phi) is 5.47. The highest BCUT2D eigenvalue weighted by atomic mass is 79.9. The molecule has 1 unspecified atom stereocenters. The van der Waals surface area contributed by atoms with E-state index in [0.29, 0.717) is 6.54 Å². The van der Waals surface area contributed by atoms with Crippen molar-refractivity contribution in [3.8, 4) is 0 Å². The number of hydrogen-bond acceptors (Lipinski definition) is 5. The summed E-state index contributed by atoms with van der Waals surface area (Å²) in [6.45, 7) is 4.10. The minimum Gasteiger partial charge on any atom is -0.374 e. The van der Waals surface area contributed by atoms with Crippen molar-refractivity contribution in [2.75, 3.05) is 33.3 Å². The molecule has 0 amide bonds. The Bertz CT molecular complexity index is 484. The lowest BCUT2D eigenvalue weighted by Gasteiger charge is -2.30. The van der Waals surface area contributed by atoms with Gasteiger partial charge in [0, 0.05) is 42.8 Å². The van der Waals surface area contributed by atoms with Crippen molar-refractivity contribution < 1.29 is 9.66 Å². The van der Waals surface area contributed by atoms with E-state index >= 15 is 0 Å². The van der Waals surface area contributed by atoms with Gasteiger partial charge in [0.15, 0.2) is 0 Å². The molecule has 0 aliphatic carbocycles. The summed E-state index contributed by atoms with van der Waals surface area (Å²) >= 11 is 3.37. The normalized spacial score (nSPS) is 20.0. The summed E-state index contributed by atoms with van der Waals surface area (Å²) in [5.41, 5.74) is 1.10. The van der Waals surface area contributed by atoms with Crippen molar-refractivity contribution in [3.63, 3.8) is 0 Å². The summed E-state index contributed by atoms with van der Waals surface area (Å²) < 4.78 is 6.41. The van der Waals surface area contributed by atoms with E-state index < -0.39 is 4.92 Å². The lowest BCUT2D eigenvalue weighted by Crippen LogP contribution is -2.44. The van der Waals surface area contributed by atoms with E-state index in [1.165, 1.54) is 12.1 Å². The van der Waals surface area contributed by atoms with Crippen LogP contribution < -0.4 is 5.32 Å². The van der Waals surface area contributed by atoms with Crippen molar-refractivity contribution in [1.82, 2.24) is 10.2 Å². The van der Waals surface area contributed by atoms with Gasteiger partial charge in [-0.3, -0.25) is 10.1 Å². The highest BCUT2D eigenvalue weighted by Gasteiger charge is 2.17. The Labute approximate surface area is 126 Å². The Balaban J connectivity index is 1.83. The van der Waals surface area contributed by atoms with Gasteiger partial charge in [0.25, 0.3) is 5.69 Å². The first-order chi connectivity index (χ1) is 9.56. The van der Waals surface area contributed by atoms with Gasteiger partial charge in [-0.15, -0.1) is 0 Å². The van der Waals surface area contributed by atoms with Gasteiger partial charge in [-0.1, -0.05) is 15.9 Å². The molecule has 0 bridgehead atoms. The van der Waals surface area contributed by atoms with Crippen LogP contribution in [0.5, 0.6) is 0 Å². The van der Waals surface area contributed by atoms with E-state index in [1.54, 1.807) is 6.07 Å². The maximum Gasteiger partial charge on any atom is 0.270 e. The lowest BCUT2D eigenvalue weighted by molar-refractivity contribution is -0.384. The third kappa shape index (κ3) is 4.24. The quantitative estimate of drug-likeness (QED) is 0.651. The zero-order chi connectivity index (χ0) is 14.5. The number of nitrogens with zero attached hydrogens (tertiary/aromatic N) is 2. The van der Waals surface area contributed by atoms with Crippen LogP contribution >= 0.6 is 15.9 Å². The molecule has 1 heterocycles. The van der Waals surface area contributed by atoms with E-state index in [9.17, 15) is 10.1 Å². The molecule has 1 aromatic rings. The fraction of sp³-hybridized carbons (Fsp3) is 0.538. The highest BCUT2D eigenvalue weighted by Crippen LogP contribution is 2.22. The maximum absolute atomic E-state index is 10.7. The number of nitrogens with one attached hydrogen (secondary N) is 1. The second-order valence-corrected chi connectivity index (χ2v) is 5.77. The molecular formula is C13H18BrN3O3. The second-order valence-electron chi connectivity index (χ2n) is 4.92. The number of morpholine rings is 1. The van der Waals surface area contributed by atoms with Crippen LogP contribution in [0, 0.1) is 10.1 Å². The molecule has 6 nitrogen and oxygen atoms in total. The molecule has 1 fully saturated rings. The highest BCUT2D eigenvalue weighted by molar-refractivity contribution is 9.10. The minimum atomic E-state index is -0.395. The van der Waals surface area contributed by atoms with Crippen molar-refractivity contribution in [1.29, 1.82) is 0 Å². The van der Waals surface area contributed by atoms with E-state index in [4.69, 9.17) is 4.74 Å². The first kappa shape index (κ1) is 15.4. The number of likely N-dealkylation sites (N-methyl/N-ethyl adjacent to an activating group) is 1. The third-order valence-electron chi connectivity index (χ3n) is 3.28. The van der Waals surface area contributed by atoms with Gasteiger partial charge in [0.1, 0.15) is 0 Å². The van der Waals surface area contributed by atoms with Gasteiger partial charge < -0.3 is 15.0 Å². The molecule has 0 spiro atoms. The van der Waals surface area contributed by atoms with Crippen molar-refractivity contribution in [2.24, 2.45) is 0 Å². The summed E-state index contributed by atoms with van der Waals surface area (Å²) in [6.07, 6.45) is 0.200. The Morgan fingerprint density at radius 3 is 3.05 bits per heavy atom. The van der Waals surface area contributed by atoms with E-state index in [2.05, 4.69) is 33.2 Å². The van der Waals surface area contributed by atoms with Crippen LogP contribution in [-0.2, 0) is 11.3 Å². The number of ether oxygens (including phenoxy) is 1. The lowest BCUT2D eigenvalue weighted by atomic mass is 10.2. The molecule has 2 rings (SSSR count). The van der Waals surface area contributed by atoms with Gasteiger partial charge >= 0.3 is 0 Å². The number of nitro groups is 1. The molecule has 0 aromatic heterocycles. The van der Waals surface area contributed by atoms with Crippen LogP contribution in [0.15, 0.2) is 22.7 Å². The van der Waals surface area contributed by atoms with E-state index in [-0.39, 0.29) is 11.8 Å². The molecule has 7 heteroatoms. The smallest absolute Gasteiger partial charge is 0.270 e. The molecule has 1 saturated heterocycles. The van der Waals surface area contributed by atoms with Crippen LogP contribution in [0.25, 0.3) is 0 Å². The molecule has 0 saturated carbocycles. The van der Waals surface area contributed by atoms with Crippen molar-refractivity contribution >= 4 is 21.6 Å². The number of halogens is 1. The van der Waals surface area contributed by atoms with Crippen LogP contribution in [0.3, 0.4) is 0 Å². The summed E-state index contributed by atoms with van der Waals surface area (Å²) in [6, 6.07) is 4.82. The molecule has 1 atom stereocenters. The van der Waals surface area contributed by atoms with Gasteiger partial charge in [-0.2, -0.15) is 0 Å². The first-order valence-corrected chi connectivity index (χ1v) is 7.29. The van der Waals surface area contributed by atoms with Gasteiger partial charge in [0.05, 0.1) is 17.6 Å². The molecule has 1 aliphatic heterocycles. The van der Waals surface area contributed by atoms with Crippen LogP contribution in [0.4, 0.5) is 5.69 Å². The van der Waals surface area contributed by atoms with Crippen LogP contribution in [-0.4, -0.2) is 49.2 Å². The summed E-state index contributed by atoms with van der Waals surface area (Å²) in [5, 5.41) is 14.0. The third-order valence-corrected chi connectivity index (χ3v) is 4.02. The zero-order valence-electron chi connectivity index (χ0n) is 11.3. The predicted molar refractivity (Wildman–Crippen MR) is 79.7 cm³/mol. The van der Waals surface area contributed by atoms with Crippen LogP contribution in [0.1, 0.15) is 5.56 Å². The first-order valence-electron chi connectivity index (χ1n) is 6.50. The maximum atomic E-state index is 10.7. The Morgan fingerprint density at radius 2 is 2.40 bits per heavy atom. The molecule has 0 radical (unpaired) electrons. The SMILES string of the molecule is CN1CCOC(CNCc2ccc([N+](=O)[O-])cc2Br)C1. The number of nitro benzene ring substituents is 1. The monoisotopic (exact) mass is 343 g/mol. The van der Waals surface area contributed by atoms with E-state index in [1.807, 2.05) is 0 Å². The van der Waals surface area contributed by atoms with Crippen molar-refractivity contribution in [2.45, 2.75) is 12.6 Å². The summed E-state index contributed by atoms with van der Waals surface area (Å²) in [5.74, 6) is 0.